The molecule has 0 aliphatic rings. The molecule has 2 N–H and O–H groups in total. The van der Waals surface area contributed by atoms with Crippen molar-refractivity contribution in [2.75, 3.05) is 25.1 Å². The third-order valence-corrected chi connectivity index (χ3v) is 3.31. The van der Waals surface area contributed by atoms with Crippen LogP contribution >= 0.6 is 0 Å². The van der Waals surface area contributed by atoms with Gasteiger partial charge in [0.15, 0.2) is 0 Å². The molecule has 0 saturated heterocycles. The number of pyridine rings is 1. The van der Waals surface area contributed by atoms with Gasteiger partial charge in [0.1, 0.15) is 12.3 Å². The topological polar surface area (TPSA) is 91.8 Å². The molecule has 1 aromatic heterocycles. The summed E-state index contributed by atoms with van der Waals surface area (Å²) < 4.78 is 5.08. The Morgan fingerprint density at radius 2 is 1.96 bits per heavy atom. The van der Waals surface area contributed by atoms with E-state index in [4.69, 9.17) is 9.84 Å². The van der Waals surface area contributed by atoms with Crippen LogP contribution in [0.15, 0.2) is 48.8 Å². The van der Waals surface area contributed by atoms with Crippen molar-refractivity contribution in [3.63, 3.8) is 0 Å². The number of hydrogen-bond donors (Lipinski definition) is 2. The predicted molar refractivity (Wildman–Crippen MR) is 88.9 cm³/mol. The second-order valence-corrected chi connectivity index (χ2v) is 5.09. The maximum absolute atomic E-state index is 12.1. The van der Waals surface area contributed by atoms with E-state index in [1.54, 1.807) is 49.8 Å². The zero-order valence-electron chi connectivity index (χ0n) is 13.3. The normalized spacial score (nSPS) is 10.0. The number of rotatable bonds is 8. The fraction of sp³-hybridized carbons (Fsp3) is 0.235. The number of benzene rings is 1. The van der Waals surface area contributed by atoms with Gasteiger partial charge in [0.05, 0.1) is 13.7 Å². The molecule has 0 bridgehead atoms. The molecule has 0 saturated carbocycles. The van der Waals surface area contributed by atoms with E-state index >= 15 is 0 Å². The summed E-state index contributed by atoms with van der Waals surface area (Å²) in [5.74, 6) is -0.614. The van der Waals surface area contributed by atoms with Crippen molar-refractivity contribution < 1.29 is 19.4 Å². The lowest BCUT2D eigenvalue weighted by atomic mass is 10.2. The Hall–Kier alpha value is -3.09. The lowest BCUT2D eigenvalue weighted by Crippen LogP contribution is -2.39. The molecule has 24 heavy (non-hydrogen) atoms. The fourth-order valence-corrected chi connectivity index (χ4v) is 2.13. The van der Waals surface area contributed by atoms with E-state index in [2.05, 4.69) is 10.3 Å². The number of amides is 1. The molecule has 7 heteroatoms. The Kier molecular flexibility index (Phi) is 6.13. The van der Waals surface area contributed by atoms with Crippen molar-refractivity contribution in [1.29, 1.82) is 0 Å². The van der Waals surface area contributed by atoms with Crippen LogP contribution in [0.25, 0.3) is 0 Å². The number of methoxy groups -OCH3 is 1. The number of ether oxygens (including phenoxy) is 1. The van der Waals surface area contributed by atoms with Crippen molar-refractivity contribution in [3.8, 4) is 5.75 Å². The first-order valence-electron chi connectivity index (χ1n) is 7.35. The van der Waals surface area contributed by atoms with Gasteiger partial charge >= 0.3 is 5.97 Å². The predicted octanol–water partition coefficient (Wildman–Crippen LogP) is 1.30. The summed E-state index contributed by atoms with van der Waals surface area (Å²) in [5.41, 5.74) is 1.51. The lowest BCUT2D eigenvalue weighted by Gasteiger charge is -2.22. The van der Waals surface area contributed by atoms with Crippen LogP contribution < -0.4 is 15.0 Å². The molecule has 126 valence electrons. The van der Waals surface area contributed by atoms with Gasteiger partial charge in [-0.3, -0.25) is 14.6 Å². The molecule has 0 radical (unpaired) electrons. The van der Waals surface area contributed by atoms with Crippen molar-refractivity contribution in [3.05, 3.63) is 54.4 Å². The van der Waals surface area contributed by atoms with Gasteiger partial charge in [-0.05, 0) is 35.9 Å². The SMILES string of the molecule is COc1ccc(N(CC(=O)O)CC(=O)NCc2cccnc2)cc1. The summed E-state index contributed by atoms with van der Waals surface area (Å²) in [7, 11) is 1.55. The molecule has 7 nitrogen and oxygen atoms in total. The Morgan fingerprint density at radius 3 is 2.54 bits per heavy atom. The summed E-state index contributed by atoms with van der Waals surface area (Å²) in [6, 6.07) is 10.5. The van der Waals surface area contributed by atoms with Crippen LogP contribution in [0.5, 0.6) is 5.75 Å². The fourth-order valence-electron chi connectivity index (χ4n) is 2.13. The number of hydrogen-bond acceptors (Lipinski definition) is 5. The van der Waals surface area contributed by atoms with Crippen LogP contribution in [0.3, 0.4) is 0 Å². The number of aliphatic carboxylic acids is 1. The van der Waals surface area contributed by atoms with Gasteiger partial charge in [-0.1, -0.05) is 6.07 Å². The molecule has 2 aromatic rings. The number of carboxylic acids is 1. The molecular formula is C17H19N3O4. The number of carboxylic acid groups (broad SMARTS) is 1. The van der Waals surface area contributed by atoms with E-state index in [-0.39, 0.29) is 19.0 Å². The number of anilines is 1. The molecule has 0 atom stereocenters. The molecule has 0 unspecified atom stereocenters. The minimum absolute atomic E-state index is 0.0567. The third-order valence-electron chi connectivity index (χ3n) is 3.31. The highest BCUT2D eigenvalue weighted by molar-refractivity contribution is 5.84. The molecule has 1 heterocycles. The number of nitrogens with one attached hydrogen (secondary N) is 1. The first-order valence-corrected chi connectivity index (χ1v) is 7.35. The zero-order valence-corrected chi connectivity index (χ0v) is 13.3. The Labute approximate surface area is 139 Å². The Morgan fingerprint density at radius 1 is 1.21 bits per heavy atom. The van der Waals surface area contributed by atoms with Crippen LogP contribution in [0.1, 0.15) is 5.56 Å². The quantitative estimate of drug-likeness (QED) is 0.758. The van der Waals surface area contributed by atoms with Gasteiger partial charge in [0, 0.05) is 24.6 Å². The molecule has 0 aliphatic heterocycles. The summed E-state index contributed by atoms with van der Waals surface area (Å²) in [6.45, 7) is 0.0156. The third kappa shape index (κ3) is 5.28. The summed E-state index contributed by atoms with van der Waals surface area (Å²) in [5, 5.41) is 11.8. The number of aromatic nitrogens is 1. The lowest BCUT2D eigenvalue weighted by molar-refractivity contribution is -0.135. The Bertz CT molecular complexity index is 674. The summed E-state index contributed by atoms with van der Waals surface area (Å²) >= 11 is 0. The average molecular weight is 329 g/mol. The van der Waals surface area contributed by atoms with Gasteiger partial charge in [-0.15, -0.1) is 0 Å². The highest BCUT2D eigenvalue weighted by Gasteiger charge is 2.15. The largest absolute Gasteiger partial charge is 0.497 e. The van der Waals surface area contributed by atoms with E-state index in [1.807, 2.05) is 6.07 Å². The zero-order chi connectivity index (χ0) is 17.4. The minimum atomic E-state index is -1.01. The van der Waals surface area contributed by atoms with E-state index < -0.39 is 5.97 Å². The smallest absolute Gasteiger partial charge is 0.323 e. The monoisotopic (exact) mass is 329 g/mol. The van der Waals surface area contributed by atoms with Crippen molar-refractivity contribution >= 4 is 17.6 Å². The van der Waals surface area contributed by atoms with Crippen LogP contribution in [0.4, 0.5) is 5.69 Å². The maximum Gasteiger partial charge on any atom is 0.323 e. The molecular weight excluding hydrogens is 310 g/mol. The van der Waals surface area contributed by atoms with Crippen LogP contribution in [-0.4, -0.2) is 42.2 Å². The number of carbonyl (C=O) groups excluding carboxylic acids is 1. The van der Waals surface area contributed by atoms with Crippen LogP contribution in [0.2, 0.25) is 0 Å². The van der Waals surface area contributed by atoms with Gasteiger partial charge in [0.25, 0.3) is 0 Å². The van der Waals surface area contributed by atoms with Gasteiger partial charge in [-0.25, -0.2) is 0 Å². The molecule has 0 aliphatic carbocycles. The molecule has 2 rings (SSSR count). The highest BCUT2D eigenvalue weighted by Crippen LogP contribution is 2.18. The minimum Gasteiger partial charge on any atom is -0.497 e. The summed E-state index contributed by atoms with van der Waals surface area (Å²) in [4.78, 5) is 28.6. The van der Waals surface area contributed by atoms with Gasteiger partial charge < -0.3 is 20.1 Å². The molecule has 1 amide bonds. The molecule has 1 aromatic carbocycles. The molecule has 0 spiro atoms. The van der Waals surface area contributed by atoms with E-state index in [1.165, 1.54) is 4.90 Å². The molecule has 0 fully saturated rings. The van der Waals surface area contributed by atoms with E-state index in [9.17, 15) is 9.59 Å². The Balaban J connectivity index is 1.99. The number of nitrogens with zero attached hydrogens (tertiary/aromatic N) is 2. The summed E-state index contributed by atoms with van der Waals surface area (Å²) in [6.07, 6.45) is 3.32. The van der Waals surface area contributed by atoms with Gasteiger partial charge in [-0.2, -0.15) is 0 Å². The first kappa shape index (κ1) is 17.3. The van der Waals surface area contributed by atoms with Gasteiger partial charge in [0.2, 0.25) is 5.91 Å². The van der Waals surface area contributed by atoms with E-state index in [0.717, 1.165) is 5.56 Å². The van der Waals surface area contributed by atoms with E-state index in [0.29, 0.717) is 18.0 Å². The van der Waals surface area contributed by atoms with Crippen LogP contribution in [-0.2, 0) is 16.1 Å². The highest BCUT2D eigenvalue weighted by atomic mass is 16.5. The number of carbonyl (C=O) groups is 2. The van der Waals surface area contributed by atoms with Crippen LogP contribution in [0, 0.1) is 0 Å². The maximum atomic E-state index is 12.1. The second kappa shape index (κ2) is 8.52. The average Bonchev–Trinajstić information content (AvgIpc) is 2.60. The van der Waals surface area contributed by atoms with Crippen molar-refractivity contribution in [2.45, 2.75) is 6.54 Å². The first-order chi connectivity index (χ1) is 11.6. The van der Waals surface area contributed by atoms with Crippen molar-refractivity contribution in [2.24, 2.45) is 0 Å². The second-order valence-electron chi connectivity index (χ2n) is 5.09. The van der Waals surface area contributed by atoms with Crippen molar-refractivity contribution in [1.82, 2.24) is 10.3 Å². The standard InChI is InChI=1S/C17H19N3O4/c1-24-15-6-4-14(5-7-15)20(12-17(22)23)11-16(21)19-10-13-3-2-8-18-9-13/h2-9H,10-12H2,1H3,(H,19,21)(H,22,23).